The number of halogens is 2. The maximum Gasteiger partial charge on any atom is 0.220 e. The monoisotopic (exact) mass is 562 g/mol. The van der Waals surface area contributed by atoms with E-state index in [2.05, 4.69) is 62.7 Å². The third-order valence-corrected chi connectivity index (χ3v) is 6.32. The van der Waals surface area contributed by atoms with E-state index in [9.17, 15) is 4.79 Å². The Hall–Kier alpha value is -0.830. The van der Waals surface area contributed by atoms with E-state index >= 15 is 0 Å². The lowest BCUT2D eigenvalue weighted by Gasteiger charge is -2.34. The Bertz CT molecular complexity index is 685. The maximum atomic E-state index is 11.6. The molecule has 156 valence electrons. The van der Waals surface area contributed by atoms with Gasteiger partial charge in [-0.05, 0) is 56.2 Å². The van der Waals surface area contributed by atoms with Crippen LogP contribution in [0.5, 0.6) is 0 Å². The second kappa shape index (κ2) is 10.8. The van der Waals surface area contributed by atoms with Crippen LogP contribution in [0.1, 0.15) is 44.6 Å². The molecule has 2 N–H and O–H groups in total. The number of likely N-dealkylation sites (tertiary alicyclic amines) is 1. The molecule has 1 aliphatic heterocycles. The van der Waals surface area contributed by atoms with E-state index < -0.39 is 0 Å². The minimum absolute atomic E-state index is 0. The molecule has 1 aliphatic carbocycles. The van der Waals surface area contributed by atoms with E-state index in [1.807, 2.05) is 0 Å². The van der Waals surface area contributed by atoms with E-state index in [4.69, 9.17) is 4.99 Å². The third-order valence-electron chi connectivity index (χ3n) is 5.82. The van der Waals surface area contributed by atoms with Crippen LogP contribution in [0.25, 0.3) is 0 Å². The fourth-order valence-corrected chi connectivity index (χ4v) is 4.27. The largest absolute Gasteiger partial charge is 0.359 e. The summed E-state index contributed by atoms with van der Waals surface area (Å²) in [5.74, 6) is 1.66. The number of guanidine groups is 1. The SMILES string of the molecule is CCNC(=NCC1(c2cccc(Br)c2)CC1)N1CCC(CC(=O)NC)CC1.I. The highest BCUT2D eigenvalue weighted by molar-refractivity contribution is 14.0. The van der Waals surface area contributed by atoms with Gasteiger partial charge < -0.3 is 15.5 Å². The summed E-state index contributed by atoms with van der Waals surface area (Å²) in [6.45, 7) is 5.77. The Labute approximate surface area is 194 Å². The van der Waals surface area contributed by atoms with Crippen LogP contribution < -0.4 is 10.6 Å². The number of carbonyl (C=O) groups is 1. The summed E-state index contributed by atoms with van der Waals surface area (Å²) >= 11 is 3.59. The molecule has 0 radical (unpaired) electrons. The molecule has 1 aromatic rings. The smallest absolute Gasteiger partial charge is 0.220 e. The highest BCUT2D eigenvalue weighted by Crippen LogP contribution is 2.48. The minimum Gasteiger partial charge on any atom is -0.359 e. The number of piperidine rings is 1. The van der Waals surface area contributed by atoms with Crippen LogP contribution in [0.3, 0.4) is 0 Å². The number of nitrogens with zero attached hydrogens (tertiary/aromatic N) is 2. The fraction of sp³-hybridized carbons (Fsp3) is 0.619. The van der Waals surface area contributed by atoms with Crippen molar-refractivity contribution in [3.63, 3.8) is 0 Å². The van der Waals surface area contributed by atoms with Gasteiger partial charge in [-0.3, -0.25) is 9.79 Å². The normalized spacial score (nSPS) is 19.0. The fourth-order valence-electron chi connectivity index (χ4n) is 3.87. The number of hydrogen-bond acceptors (Lipinski definition) is 2. The van der Waals surface area contributed by atoms with Crippen molar-refractivity contribution in [3.05, 3.63) is 34.3 Å². The van der Waals surface area contributed by atoms with E-state index in [0.29, 0.717) is 12.3 Å². The van der Waals surface area contributed by atoms with Crippen LogP contribution in [-0.2, 0) is 10.2 Å². The molecule has 28 heavy (non-hydrogen) atoms. The lowest BCUT2D eigenvalue weighted by molar-refractivity contribution is -0.121. The number of rotatable bonds is 6. The molecule has 7 heteroatoms. The van der Waals surface area contributed by atoms with Crippen LogP contribution in [0.4, 0.5) is 0 Å². The van der Waals surface area contributed by atoms with Crippen LogP contribution in [0, 0.1) is 5.92 Å². The number of carbonyl (C=O) groups excluding carboxylic acids is 1. The van der Waals surface area contributed by atoms with Gasteiger partial charge >= 0.3 is 0 Å². The molecular weight excluding hydrogens is 531 g/mol. The average Bonchev–Trinajstić information content (AvgIpc) is 3.47. The van der Waals surface area contributed by atoms with Gasteiger partial charge in [0.25, 0.3) is 0 Å². The van der Waals surface area contributed by atoms with Gasteiger partial charge in [-0.25, -0.2) is 0 Å². The maximum absolute atomic E-state index is 11.6. The first-order valence-electron chi connectivity index (χ1n) is 10.1. The van der Waals surface area contributed by atoms with Crippen molar-refractivity contribution in [2.45, 2.75) is 44.4 Å². The molecule has 3 rings (SSSR count). The Morgan fingerprint density at radius 2 is 2.04 bits per heavy atom. The zero-order chi connectivity index (χ0) is 19.3. The molecule has 5 nitrogen and oxygen atoms in total. The molecule has 1 aromatic carbocycles. The number of nitrogens with one attached hydrogen (secondary N) is 2. The van der Waals surface area contributed by atoms with E-state index in [-0.39, 0.29) is 35.3 Å². The van der Waals surface area contributed by atoms with E-state index in [0.717, 1.165) is 49.5 Å². The summed E-state index contributed by atoms with van der Waals surface area (Å²) in [6.07, 6.45) is 5.16. The highest BCUT2D eigenvalue weighted by atomic mass is 127. The summed E-state index contributed by atoms with van der Waals surface area (Å²) < 4.78 is 1.14. The Morgan fingerprint density at radius 1 is 1.32 bits per heavy atom. The lowest BCUT2D eigenvalue weighted by atomic mass is 9.93. The first-order chi connectivity index (χ1) is 13.1. The third kappa shape index (κ3) is 6.08. The van der Waals surface area contributed by atoms with Crippen LogP contribution >= 0.6 is 39.9 Å². The standard InChI is InChI=1S/C21H31BrN4O.HI/c1-3-24-20(26-11-7-16(8-12-26)13-19(27)23-2)25-15-21(9-10-21)17-5-4-6-18(22)14-17;/h4-6,14,16H,3,7-13,15H2,1-2H3,(H,23,27)(H,24,25);1H. The van der Waals surface area contributed by atoms with Gasteiger partial charge in [0.15, 0.2) is 5.96 Å². The van der Waals surface area contributed by atoms with Crippen LogP contribution in [-0.4, -0.2) is 50.0 Å². The lowest BCUT2D eigenvalue weighted by Crippen LogP contribution is -2.46. The predicted octanol–water partition coefficient (Wildman–Crippen LogP) is 3.91. The predicted molar refractivity (Wildman–Crippen MR) is 129 cm³/mol. The van der Waals surface area contributed by atoms with Gasteiger partial charge in [-0.15, -0.1) is 24.0 Å². The van der Waals surface area contributed by atoms with Crippen molar-refractivity contribution in [1.29, 1.82) is 0 Å². The van der Waals surface area contributed by atoms with Gasteiger partial charge in [0.1, 0.15) is 0 Å². The summed E-state index contributed by atoms with van der Waals surface area (Å²) in [5.41, 5.74) is 1.60. The van der Waals surface area contributed by atoms with Crippen molar-refractivity contribution < 1.29 is 4.79 Å². The second-order valence-corrected chi connectivity index (χ2v) is 8.68. The quantitative estimate of drug-likeness (QED) is 0.314. The highest BCUT2D eigenvalue weighted by Gasteiger charge is 2.44. The molecular formula is C21H32BrIN4O. The van der Waals surface area contributed by atoms with Crippen molar-refractivity contribution in [3.8, 4) is 0 Å². The molecule has 1 heterocycles. The van der Waals surface area contributed by atoms with Gasteiger partial charge in [0.05, 0.1) is 6.54 Å². The van der Waals surface area contributed by atoms with E-state index in [1.54, 1.807) is 7.05 Å². The molecule has 0 aromatic heterocycles. The Kier molecular flexibility index (Phi) is 9.05. The van der Waals surface area contributed by atoms with Gasteiger partial charge in [0.2, 0.25) is 5.91 Å². The molecule has 1 saturated heterocycles. The van der Waals surface area contributed by atoms with Gasteiger partial charge in [0, 0.05) is 43.0 Å². The molecule has 0 spiro atoms. The molecule has 2 aliphatic rings. The molecule has 1 saturated carbocycles. The molecule has 0 unspecified atom stereocenters. The number of benzene rings is 1. The first kappa shape index (κ1) is 23.4. The summed E-state index contributed by atoms with van der Waals surface area (Å²) in [6, 6.07) is 8.66. The molecule has 2 fully saturated rings. The van der Waals surface area contributed by atoms with Crippen molar-refractivity contribution >= 4 is 51.8 Å². The number of aliphatic imine (C=N–C) groups is 1. The topological polar surface area (TPSA) is 56.7 Å². The Morgan fingerprint density at radius 3 is 2.61 bits per heavy atom. The van der Waals surface area contributed by atoms with Gasteiger partial charge in [-0.2, -0.15) is 0 Å². The van der Waals surface area contributed by atoms with Crippen molar-refractivity contribution in [1.82, 2.24) is 15.5 Å². The van der Waals surface area contributed by atoms with Crippen molar-refractivity contribution in [2.75, 3.05) is 33.2 Å². The molecule has 0 bridgehead atoms. The van der Waals surface area contributed by atoms with Crippen LogP contribution in [0.2, 0.25) is 0 Å². The summed E-state index contributed by atoms with van der Waals surface area (Å²) in [7, 11) is 1.71. The van der Waals surface area contributed by atoms with Gasteiger partial charge in [-0.1, -0.05) is 28.1 Å². The molecule has 0 atom stereocenters. The Balaban J connectivity index is 0.00000280. The average molecular weight is 563 g/mol. The zero-order valence-corrected chi connectivity index (χ0v) is 20.8. The zero-order valence-electron chi connectivity index (χ0n) is 16.8. The summed E-state index contributed by atoms with van der Waals surface area (Å²) in [5, 5.41) is 6.21. The molecule has 1 amide bonds. The van der Waals surface area contributed by atoms with Crippen molar-refractivity contribution in [2.24, 2.45) is 10.9 Å². The van der Waals surface area contributed by atoms with E-state index in [1.165, 1.54) is 18.4 Å². The minimum atomic E-state index is 0. The number of amides is 1. The first-order valence-corrected chi connectivity index (χ1v) is 10.9. The van der Waals surface area contributed by atoms with Crippen LogP contribution in [0.15, 0.2) is 33.7 Å². The number of hydrogen-bond donors (Lipinski definition) is 2. The second-order valence-electron chi connectivity index (χ2n) is 7.77. The summed E-state index contributed by atoms with van der Waals surface area (Å²) in [4.78, 5) is 19.0.